The van der Waals surface area contributed by atoms with Crippen LogP contribution in [-0.2, 0) is 9.47 Å². The van der Waals surface area contributed by atoms with Gasteiger partial charge >= 0.3 is 6.03 Å². The minimum Gasteiger partial charge on any atom is -0.379 e. The number of nitrogens with zero attached hydrogens (tertiary/aromatic N) is 2. The van der Waals surface area contributed by atoms with Gasteiger partial charge in [-0.3, -0.25) is 10.2 Å². The molecular weight excluding hydrogens is 320 g/mol. The van der Waals surface area contributed by atoms with E-state index in [1.807, 2.05) is 19.9 Å². The van der Waals surface area contributed by atoms with Crippen LogP contribution in [0.3, 0.4) is 0 Å². The molecule has 3 rings (SSSR count). The summed E-state index contributed by atoms with van der Waals surface area (Å²) in [4.78, 5) is 18.9. The Bertz CT molecular complexity index is 566. The van der Waals surface area contributed by atoms with E-state index in [1.54, 1.807) is 12.3 Å². The number of carbonyl (C=O) groups excluding carboxylic acids is 1. The molecule has 1 saturated carbocycles. The molecule has 2 fully saturated rings. The van der Waals surface area contributed by atoms with Crippen molar-refractivity contribution in [1.29, 1.82) is 0 Å². The van der Waals surface area contributed by atoms with Crippen molar-refractivity contribution in [3.63, 3.8) is 0 Å². The van der Waals surface area contributed by atoms with Gasteiger partial charge in [0.25, 0.3) is 0 Å². The number of urea groups is 1. The summed E-state index contributed by atoms with van der Waals surface area (Å²) in [7, 11) is 0. The first-order valence-electron chi connectivity index (χ1n) is 9.03. The van der Waals surface area contributed by atoms with Crippen LogP contribution in [0.25, 0.3) is 0 Å². The summed E-state index contributed by atoms with van der Waals surface area (Å²) < 4.78 is 11.2. The highest BCUT2D eigenvalue weighted by atomic mass is 16.5. The molecule has 1 saturated heterocycles. The number of pyridine rings is 1. The average molecular weight is 348 g/mol. The molecule has 25 heavy (non-hydrogen) atoms. The fourth-order valence-electron chi connectivity index (χ4n) is 3.64. The van der Waals surface area contributed by atoms with E-state index < -0.39 is 0 Å². The number of amides is 2. The Balaban J connectivity index is 1.55. The van der Waals surface area contributed by atoms with Crippen molar-refractivity contribution in [2.24, 2.45) is 0 Å². The van der Waals surface area contributed by atoms with Gasteiger partial charge in [0.15, 0.2) is 0 Å². The van der Waals surface area contributed by atoms with Crippen LogP contribution in [0.5, 0.6) is 0 Å². The first-order valence-corrected chi connectivity index (χ1v) is 9.03. The van der Waals surface area contributed by atoms with Crippen molar-refractivity contribution in [3.05, 3.63) is 23.9 Å². The molecule has 2 amide bonds. The summed E-state index contributed by atoms with van der Waals surface area (Å²) >= 11 is 0. The van der Waals surface area contributed by atoms with E-state index in [1.165, 1.54) is 0 Å². The molecule has 0 radical (unpaired) electrons. The monoisotopic (exact) mass is 348 g/mol. The molecule has 0 unspecified atom stereocenters. The second kappa shape index (κ2) is 8.12. The predicted molar refractivity (Wildman–Crippen MR) is 95.8 cm³/mol. The quantitative estimate of drug-likeness (QED) is 0.820. The Labute approximate surface area is 149 Å². The summed E-state index contributed by atoms with van der Waals surface area (Å²) in [6, 6.07) is 3.52. The Kier molecular flexibility index (Phi) is 5.88. The molecule has 1 aromatic heterocycles. The summed E-state index contributed by atoms with van der Waals surface area (Å²) in [5.74, 6) is 0.560. The zero-order valence-corrected chi connectivity index (χ0v) is 15.1. The number of ether oxygens (including phenoxy) is 2. The topological polar surface area (TPSA) is 75.7 Å². The van der Waals surface area contributed by atoms with Gasteiger partial charge in [-0.15, -0.1) is 0 Å². The molecule has 0 atom stereocenters. The predicted octanol–water partition coefficient (Wildman–Crippen LogP) is 1.78. The minimum absolute atomic E-state index is 0.0261. The Morgan fingerprint density at radius 3 is 2.80 bits per heavy atom. The smallest absolute Gasteiger partial charge is 0.320 e. The number of aromatic nitrogens is 1. The molecular formula is C18H28N4O3. The maximum atomic E-state index is 12.2. The van der Waals surface area contributed by atoms with E-state index in [9.17, 15) is 4.79 Å². The Hall–Kier alpha value is -1.70. The molecule has 7 nitrogen and oxygen atoms in total. The van der Waals surface area contributed by atoms with E-state index in [0.29, 0.717) is 12.4 Å². The molecule has 2 N–H and O–H groups in total. The van der Waals surface area contributed by atoms with Crippen LogP contribution in [-0.4, -0.2) is 67.0 Å². The Morgan fingerprint density at radius 1 is 1.40 bits per heavy atom. The third-order valence-electron chi connectivity index (χ3n) is 5.03. The third-order valence-corrected chi connectivity index (χ3v) is 5.03. The lowest BCUT2D eigenvalue weighted by Crippen LogP contribution is -2.67. The van der Waals surface area contributed by atoms with E-state index in [4.69, 9.17) is 9.47 Å². The first kappa shape index (κ1) is 18.1. The van der Waals surface area contributed by atoms with Gasteiger partial charge in [-0.05, 0) is 38.3 Å². The molecule has 138 valence electrons. The molecule has 7 heteroatoms. The second-order valence-electron chi connectivity index (χ2n) is 6.84. The number of aryl methyl sites for hydroxylation is 1. The summed E-state index contributed by atoms with van der Waals surface area (Å²) in [6.07, 6.45) is 3.92. The van der Waals surface area contributed by atoms with E-state index >= 15 is 0 Å². The Morgan fingerprint density at radius 2 is 2.16 bits per heavy atom. The molecule has 1 aromatic rings. The molecule has 2 aliphatic rings. The van der Waals surface area contributed by atoms with Crippen molar-refractivity contribution in [2.45, 2.75) is 38.3 Å². The van der Waals surface area contributed by atoms with Gasteiger partial charge in [-0.25, -0.2) is 9.78 Å². The average Bonchev–Trinajstić information content (AvgIpc) is 2.60. The van der Waals surface area contributed by atoms with Gasteiger partial charge in [0, 0.05) is 38.0 Å². The number of anilines is 1. The maximum absolute atomic E-state index is 12.2. The van der Waals surface area contributed by atoms with Gasteiger partial charge in [0.05, 0.1) is 19.3 Å². The van der Waals surface area contributed by atoms with Gasteiger partial charge in [-0.1, -0.05) is 6.07 Å². The standard InChI is InChI=1S/C18H28N4O3/c1-3-25-15-10-18(11-15,22-6-8-24-9-7-22)13-20-17(23)21-16-5-4-14(2)12-19-16/h4-5,12,15H,3,6-11,13H2,1-2H3,(H2,19,20,21,23). The SMILES string of the molecule is CCOC1CC(CNC(=O)Nc2ccc(C)cn2)(N2CCOCC2)C1. The first-order chi connectivity index (χ1) is 12.1. The molecule has 2 heterocycles. The summed E-state index contributed by atoms with van der Waals surface area (Å²) in [5.41, 5.74) is 1.04. The maximum Gasteiger partial charge on any atom is 0.320 e. The zero-order valence-electron chi connectivity index (χ0n) is 15.1. The zero-order chi connectivity index (χ0) is 17.7. The van der Waals surface area contributed by atoms with Crippen molar-refractivity contribution < 1.29 is 14.3 Å². The van der Waals surface area contributed by atoms with Crippen LogP contribution in [0.15, 0.2) is 18.3 Å². The highest BCUT2D eigenvalue weighted by molar-refractivity contribution is 5.88. The van der Waals surface area contributed by atoms with E-state index in [-0.39, 0.29) is 17.7 Å². The lowest BCUT2D eigenvalue weighted by Gasteiger charge is -2.55. The van der Waals surface area contributed by atoms with Crippen molar-refractivity contribution in [3.8, 4) is 0 Å². The molecule has 0 bridgehead atoms. The van der Waals surface area contributed by atoms with Crippen molar-refractivity contribution in [1.82, 2.24) is 15.2 Å². The number of morpholine rings is 1. The van der Waals surface area contributed by atoms with Crippen LogP contribution in [0.4, 0.5) is 10.6 Å². The van der Waals surface area contributed by atoms with Crippen LogP contribution in [0, 0.1) is 6.92 Å². The fourth-order valence-corrected chi connectivity index (χ4v) is 3.64. The second-order valence-corrected chi connectivity index (χ2v) is 6.84. The molecule has 0 aromatic carbocycles. The lowest BCUT2D eigenvalue weighted by atomic mass is 9.72. The largest absolute Gasteiger partial charge is 0.379 e. The van der Waals surface area contributed by atoms with Gasteiger partial charge in [0.2, 0.25) is 0 Å². The highest BCUT2D eigenvalue weighted by Gasteiger charge is 2.49. The number of rotatable bonds is 6. The number of nitrogens with one attached hydrogen (secondary N) is 2. The fraction of sp³-hybridized carbons (Fsp3) is 0.667. The van der Waals surface area contributed by atoms with Crippen LogP contribution in [0.2, 0.25) is 0 Å². The third kappa shape index (κ3) is 4.48. The van der Waals surface area contributed by atoms with E-state index in [0.717, 1.165) is 51.3 Å². The number of carbonyl (C=O) groups is 1. The van der Waals surface area contributed by atoms with Crippen LogP contribution >= 0.6 is 0 Å². The number of hydrogen-bond acceptors (Lipinski definition) is 5. The van der Waals surface area contributed by atoms with Crippen LogP contribution < -0.4 is 10.6 Å². The summed E-state index contributed by atoms with van der Waals surface area (Å²) in [6.45, 7) is 8.64. The van der Waals surface area contributed by atoms with Crippen molar-refractivity contribution in [2.75, 3.05) is 44.8 Å². The molecule has 1 aliphatic carbocycles. The lowest BCUT2D eigenvalue weighted by molar-refractivity contribution is -0.124. The molecule has 0 spiro atoms. The number of hydrogen-bond donors (Lipinski definition) is 2. The molecule has 1 aliphatic heterocycles. The van der Waals surface area contributed by atoms with Crippen molar-refractivity contribution >= 4 is 11.8 Å². The van der Waals surface area contributed by atoms with Gasteiger partial charge in [-0.2, -0.15) is 0 Å². The normalized spacial score (nSPS) is 26.7. The minimum atomic E-state index is -0.219. The van der Waals surface area contributed by atoms with E-state index in [2.05, 4.69) is 20.5 Å². The van der Waals surface area contributed by atoms with Crippen LogP contribution in [0.1, 0.15) is 25.3 Å². The summed E-state index contributed by atoms with van der Waals surface area (Å²) in [5, 5.41) is 5.81. The van der Waals surface area contributed by atoms with Gasteiger partial charge in [0.1, 0.15) is 5.82 Å². The van der Waals surface area contributed by atoms with Gasteiger partial charge < -0.3 is 14.8 Å². The highest BCUT2D eigenvalue weighted by Crippen LogP contribution is 2.39.